The Morgan fingerprint density at radius 3 is 2.19 bits per heavy atom. The summed E-state index contributed by atoms with van der Waals surface area (Å²) in [7, 11) is -6.52. The van der Waals surface area contributed by atoms with Gasteiger partial charge in [0, 0.05) is 0 Å². The monoisotopic (exact) mass is 546 g/mol. The zero-order chi connectivity index (χ0) is 27.3. The first kappa shape index (κ1) is 27.7. The van der Waals surface area contributed by atoms with E-state index in [1.807, 2.05) is 0 Å². The molecule has 1 heterocycles. The lowest BCUT2D eigenvalue weighted by atomic mass is 10.1. The number of nitrogens with zero attached hydrogens (tertiary/aromatic N) is 1. The molecule has 2 amide bonds. The van der Waals surface area contributed by atoms with Crippen molar-refractivity contribution in [1.29, 1.82) is 0 Å². The minimum absolute atomic E-state index is 0.0687. The lowest BCUT2D eigenvalue weighted by Gasteiger charge is -2.36. The van der Waals surface area contributed by atoms with Crippen LogP contribution in [0.4, 0.5) is 13.2 Å². The summed E-state index contributed by atoms with van der Waals surface area (Å²) in [6, 6.07) is 8.23. The molecule has 2 aromatic carbocycles. The maximum atomic E-state index is 13.0. The van der Waals surface area contributed by atoms with Gasteiger partial charge in [-0.25, -0.2) is 4.18 Å². The molecule has 1 N–H and O–H groups in total. The van der Waals surface area contributed by atoms with Gasteiger partial charge in [-0.3, -0.25) is 14.5 Å². The fourth-order valence-electron chi connectivity index (χ4n) is 3.19. The van der Waals surface area contributed by atoms with Crippen molar-refractivity contribution in [3.05, 3.63) is 53.1 Å². The van der Waals surface area contributed by atoms with Crippen molar-refractivity contribution in [3.8, 4) is 17.2 Å². The molecular weight excluding hydrogens is 519 g/mol. The highest BCUT2D eigenvalue weighted by atomic mass is 32.3. The molecule has 8 nitrogen and oxygen atoms in total. The lowest BCUT2D eigenvalue weighted by Crippen LogP contribution is -2.43. The second-order valence-electron chi connectivity index (χ2n) is 9.73. The highest BCUT2D eigenvalue weighted by molar-refractivity contribution is 7.94. The van der Waals surface area contributed by atoms with Crippen molar-refractivity contribution in [2.45, 2.75) is 51.0 Å². The summed E-state index contributed by atoms with van der Waals surface area (Å²) in [5.41, 5.74) is -5.85. The van der Waals surface area contributed by atoms with E-state index in [-0.39, 0.29) is 17.1 Å². The van der Waals surface area contributed by atoms with Crippen LogP contribution in [0, 0.1) is 0 Å². The topological polar surface area (TPSA) is 102 Å². The number of rotatable bonds is 7. The van der Waals surface area contributed by atoms with Gasteiger partial charge < -0.3 is 9.16 Å². The van der Waals surface area contributed by atoms with Crippen molar-refractivity contribution in [3.63, 3.8) is 0 Å². The number of carbonyl (C=O) groups excluding carboxylic acids is 2. The fraction of sp³-hybridized carbons (Fsp3) is 0.391. The number of methoxy groups -OCH3 is 1. The molecule has 0 saturated carbocycles. The quantitative estimate of drug-likeness (QED) is 0.272. The van der Waals surface area contributed by atoms with Gasteiger partial charge in [0.2, 0.25) is 5.75 Å². The average Bonchev–Trinajstić information content (AvgIpc) is 2.98. The van der Waals surface area contributed by atoms with E-state index in [0.717, 1.165) is 17.0 Å². The maximum absolute atomic E-state index is 13.0. The van der Waals surface area contributed by atoms with Crippen molar-refractivity contribution in [2.24, 2.45) is 0 Å². The van der Waals surface area contributed by atoms with Crippen LogP contribution < -0.4 is 13.3 Å². The SMILES string of the molecule is COc1cc(CN2C(=O)c3cccc(O[S+](=O)(O)C(F)(F)F)c3C2=O)ccc1O[Si](C)(C)C(C)(C)C. The van der Waals surface area contributed by atoms with Crippen LogP contribution in [0.3, 0.4) is 0 Å². The van der Waals surface area contributed by atoms with Crippen LogP contribution in [0.25, 0.3) is 0 Å². The minimum Gasteiger partial charge on any atom is -0.541 e. The van der Waals surface area contributed by atoms with Gasteiger partial charge in [0.1, 0.15) is 11.3 Å². The van der Waals surface area contributed by atoms with E-state index >= 15 is 0 Å². The summed E-state index contributed by atoms with van der Waals surface area (Å²) in [4.78, 5) is 26.7. The molecular formula is C23H27F3NO7SSi+. The smallest absolute Gasteiger partial charge is 0.541 e. The Hall–Kier alpha value is -2.90. The first-order valence-electron chi connectivity index (χ1n) is 10.8. The number of hydrogen-bond donors (Lipinski definition) is 1. The van der Waals surface area contributed by atoms with Crippen LogP contribution in [0.15, 0.2) is 36.4 Å². The van der Waals surface area contributed by atoms with E-state index in [4.69, 9.17) is 9.16 Å². The molecule has 13 heteroatoms. The summed E-state index contributed by atoms with van der Waals surface area (Å²) in [6.45, 7) is 10.2. The Morgan fingerprint density at radius 1 is 1.00 bits per heavy atom. The molecule has 0 bridgehead atoms. The number of amides is 2. The Bertz CT molecular complexity index is 1260. The van der Waals surface area contributed by atoms with Crippen LogP contribution >= 0.6 is 0 Å². The number of alkyl halides is 3. The molecule has 0 aromatic heterocycles. The van der Waals surface area contributed by atoms with Crippen molar-refractivity contribution < 1.29 is 44.9 Å². The summed E-state index contributed by atoms with van der Waals surface area (Å²) >= 11 is 0. The molecule has 1 aliphatic rings. The predicted octanol–water partition coefficient (Wildman–Crippen LogP) is 5.66. The second-order valence-corrected chi connectivity index (χ2v) is 16.0. The third-order valence-corrected chi connectivity index (χ3v) is 11.5. The highest BCUT2D eigenvalue weighted by Crippen LogP contribution is 2.41. The summed E-state index contributed by atoms with van der Waals surface area (Å²) < 4.78 is 75.4. The normalized spacial score (nSPS) is 16.0. The van der Waals surface area contributed by atoms with Gasteiger partial charge in [0.05, 0.1) is 19.2 Å². The molecule has 0 fully saturated rings. The lowest BCUT2D eigenvalue weighted by molar-refractivity contribution is -0.0577. The van der Waals surface area contributed by atoms with E-state index < -0.39 is 47.4 Å². The largest absolute Gasteiger partial charge is 0.650 e. The molecule has 0 radical (unpaired) electrons. The van der Waals surface area contributed by atoms with Crippen LogP contribution in [0.1, 0.15) is 47.1 Å². The van der Waals surface area contributed by atoms with E-state index in [0.29, 0.717) is 17.1 Å². The maximum Gasteiger partial charge on any atom is 0.650 e. The molecule has 2 aromatic rings. The number of carbonyl (C=O) groups is 2. The molecule has 36 heavy (non-hydrogen) atoms. The number of hydrogen-bond acceptors (Lipinski definition) is 6. The zero-order valence-corrected chi connectivity index (χ0v) is 22.4. The standard InChI is InChI=1S/C23H26F3NO7SSi/c1-22(2,3)36(5,6)34-16-11-10-14(12-18(16)32-4)13-27-20(28)15-8-7-9-17(19(15)21(27)29)33-35(30,31)23(24,25)26/h7-12H,13H2,1-6H3/p+1. The molecule has 0 saturated heterocycles. The number of halogens is 3. The Kier molecular flexibility index (Phi) is 7.07. The van der Waals surface area contributed by atoms with Gasteiger partial charge in [0.15, 0.2) is 5.75 Å². The van der Waals surface area contributed by atoms with Crippen LogP contribution in [0.5, 0.6) is 17.2 Å². The molecule has 1 unspecified atom stereocenters. The van der Waals surface area contributed by atoms with E-state index in [1.54, 1.807) is 18.2 Å². The van der Waals surface area contributed by atoms with Crippen LogP contribution in [-0.4, -0.2) is 42.2 Å². The minimum atomic E-state index is -5.79. The molecule has 0 aliphatic carbocycles. The Labute approximate surface area is 208 Å². The first-order valence-corrected chi connectivity index (χ1v) is 15.1. The fourth-order valence-corrected chi connectivity index (χ4v) is 4.69. The molecule has 3 rings (SSSR count). The Balaban J connectivity index is 1.89. The van der Waals surface area contributed by atoms with Gasteiger partial charge in [-0.15, -0.1) is 17.7 Å². The van der Waals surface area contributed by atoms with Crippen molar-refractivity contribution in [1.82, 2.24) is 4.90 Å². The van der Waals surface area contributed by atoms with Crippen molar-refractivity contribution in [2.75, 3.05) is 7.11 Å². The number of ether oxygens (including phenoxy) is 1. The van der Waals surface area contributed by atoms with Gasteiger partial charge in [0.25, 0.3) is 20.1 Å². The summed E-state index contributed by atoms with van der Waals surface area (Å²) in [5, 5.41) is -0.0687. The van der Waals surface area contributed by atoms with Crippen LogP contribution in [-0.2, 0) is 21.2 Å². The van der Waals surface area contributed by atoms with Gasteiger partial charge in [-0.05, 0) is 52.2 Å². The van der Waals surface area contributed by atoms with E-state index in [1.165, 1.54) is 13.2 Å². The van der Waals surface area contributed by atoms with E-state index in [2.05, 4.69) is 38.0 Å². The molecule has 0 spiro atoms. The third kappa shape index (κ3) is 5.13. The van der Waals surface area contributed by atoms with E-state index in [9.17, 15) is 31.5 Å². The highest BCUT2D eigenvalue weighted by Gasteiger charge is 2.63. The summed E-state index contributed by atoms with van der Waals surface area (Å²) in [6.07, 6.45) is 0. The zero-order valence-electron chi connectivity index (χ0n) is 20.6. The predicted molar refractivity (Wildman–Crippen MR) is 129 cm³/mol. The first-order chi connectivity index (χ1) is 16.4. The van der Waals surface area contributed by atoms with Crippen LogP contribution in [0.2, 0.25) is 18.1 Å². The summed E-state index contributed by atoms with van der Waals surface area (Å²) in [5.74, 6) is -1.64. The number of imide groups is 1. The van der Waals surface area contributed by atoms with Gasteiger partial charge in [-0.2, -0.15) is 0 Å². The number of fused-ring (bicyclic) bond motifs is 1. The van der Waals surface area contributed by atoms with Gasteiger partial charge in [-0.1, -0.05) is 32.9 Å². The number of benzene rings is 2. The average molecular weight is 547 g/mol. The molecule has 1 atom stereocenters. The second kappa shape index (κ2) is 9.20. The Morgan fingerprint density at radius 2 is 1.64 bits per heavy atom. The third-order valence-electron chi connectivity index (χ3n) is 6.20. The molecule has 1 aliphatic heterocycles. The van der Waals surface area contributed by atoms with Gasteiger partial charge >= 0.3 is 16.0 Å². The van der Waals surface area contributed by atoms with Crippen molar-refractivity contribution >= 4 is 30.6 Å². The molecule has 196 valence electrons.